The Balaban J connectivity index is 1.64. The standard InChI is InChI=1S/C20H28N2O2/c1-14(2)20(24)16-6-3-5-15(11-16)17-7-4-10-22(13-17)19(23)12-21-18-8-9-18/h3,5-6,11,14,17-18,21H,4,7-10,12-13H2,1-2H3/t17-/m1/s1. The summed E-state index contributed by atoms with van der Waals surface area (Å²) in [6, 6.07) is 8.56. The van der Waals surface area contributed by atoms with Crippen molar-refractivity contribution in [1.29, 1.82) is 0 Å². The summed E-state index contributed by atoms with van der Waals surface area (Å²) >= 11 is 0. The highest BCUT2D eigenvalue weighted by molar-refractivity contribution is 5.97. The van der Waals surface area contributed by atoms with Crippen LogP contribution in [0.25, 0.3) is 0 Å². The number of nitrogens with one attached hydrogen (secondary N) is 1. The lowest BCUT2D eigenvalue weighted by atomic mass is 9.88. The fourth-order valence-electron chi connectivity index (χ4n) is 3.39. The van der Waals surface area contributed by atoms with Gasteiger partial charge in [-0.1, -0.05) is 32.0 Å². The first-order valence-corrected chi connectivity index (χ1v) is 9.20. The van der Waals surface area contributed by atoms with E-state index in [1.54, 1.807) is 0 Å². The van der Waals surface area contributed by atoms with E-state index < -0.39 is 0 Å². The quantitative estimate of drug-likeness (QED) is 0.817. The number of likely N-dealkylation sites (tertiary alicyclic amines) is 1. The molecule has 1 aliphatic carbocycles. The zero-order valence-corrected chi connectivity index (χ0v) is 14.8. The molecule has 4 nitrogen and oxygen atoms in total. The van der Waals surface area contributed by atoms with Gasteiger partial charge in [-0.15, -0.1) is 0 Å². The number of rotatable bonds is 6. The highest BCUT2D eigenvalue weighted by Gasteiger charge is 2.27. The Kier molecular flexibility index (Phi) is 5.34. The van der Waals surface area contributed by atoms with Crippen molar-refractivity contribution in [2.75, 3.05) is 19.6 Å². The predicted octanol–water partition coefficient (Wildman–Crippen LogP) is 2.98. The lowest BCUT2D eigenvalue weighted by molar-refractivity contribution is -0.131. The summed E-state index contributed by atoms with van der Waals surface area (Å²) in [5, 5.41) is 3.31. The van der Waals surface area contributed by atoms with E-state index in [-0.39, 0.29) is 17.6 Å². The number of piperidine rings is 1. The van der Waals surface area contributed by atoms with Crippen molar-refractivity contribution in [2.24, 2.45) is 5.92 Å². The first-order valence-electron chi connectivity index (χ1n) is 9.20. The lowest BCUT2D eigenvalue weighted by Crippen LogP contribution is -2.43. The van der Waals surface area contributed by atoms with Crippen LogP contribution in [0, 0.1) is 5.92 Å². The van der Waals surface area contributed by atoms with Gasteiger partial charge in [-0.05, 0) is 37.3 Å². The summed E-state index contributed by atoms with van der Waals surface area (Å²) in [4.78, 5) is 26.6. The average molecular weight is 328 g/mol. The van der Waals surface area contributed by atoms with Crippen LogP contribution in [0.15, 0.2) is 24.3 Å². The molecule has 0 radical (unpaired) electrons. The van der Waals surface area contributed by atoms with Crippen LogP contribution in [0.4, 0.5) is 0 Å². The van der Waals surface area contributed by atoms with Gasteiger partial charge >= 0.3 is 0 Å². The van der Waals surface area contributed by atoms with E-state index in [0.717, 1.165) is 31.5 Å². The molecule has 4 heteroatoms. The summed E-state index contributed by atoms with van der Waals surface area (Å²) in [6.45, 7) is 5.95. The molecule has 1 aromatic carbocycles. The van der Waals surface area contributed by atoms with Crippen LogP contribution in [0.1, 0.15) is 61.4 Å². The minimum absolute atomic E-state index is 0.0122. The van der Waals surface area contributed by atoms with Gasteiger partial charge in [0.1, 0.15) is 0 Å². The average Bonchev–Trinajstić information content (AvgIpc) is 3.43. The number of Topliss-reactive ketones (excluding diaryl/α,β-unsaturated/α-hetero) is 1. The number of hydrogen-bond acceptors (Lipinski definition) is 3. The maximum Gasteiger partial charge on any atom is 0.236 e. The Hall–Kier alpha value is -1.68. The number of ketones is 1. The van der Waals surface area contributed by atoms with Crippen molar-refractivity contribution in [3.8, 4) is 0 Å². The Bertz CT molecular complexity index is 607. The third-order valence-corrected chi connectivity index (χ3v) is 5.06. The molecule has 1 aliphatic heterocycles. The molecule has 0 bridgehead atoms. The molecule has 1 saturated heterocycles. The molecular formula is C20H28N2O2. The van der Waals surface area contributed by atoms with E-state index in [1.165, 1.54) is 18.4 Å². The zero-order chi connectivity index (χ0) is 17.1. The van der Waals surface area contributed by atoms with E-state index in [9.17, 15) is 9.59 Å². The van der Waals surface area contributed by atoms with E-state index in [4.69, 9.17) is 0 Å². The molecule has 1 heterocycles. The summed E-state index contributed by atoms with van der Waals surface area (Å²) in [7, 11) is 0. The monoisotopic (exact) mass is 328 g/mol. The number of hydrogen-bond donors (Lipinski definition) is 1. The van der Waals surface area contributed by atoms with E-state index in [1.807, 2.05) is 36.9 Å². The normalized spacial score (nSPS) is 21.1. The van der Waals surface area contributed by atoms with Crippen LogP contribution >= 0.6 is 0 Å². The molecule has 0 spiro atoms. The van der Waals surface area contributed by atoms with Gasteiger partial charge in [-0.25, -0.2) is 0 Å². The SMILES string of the molecule is CC(C)C(=O)c1cccc([C@@H]2CCCN(C(=O)CNC3CC3)C2)c1. The second-order valence-corrected chi connectivity index (χ2v) is 7.48. The van der Waals surface area contributed by atoms with Crippen molar-refractivity contribution < 1.29 is 9.59 Å². The van der Waals surface area contributed by atoms with Crippen LogP contribution in [0.2, 0.25) is 0 Å². The van der Waals surface area contributed by atoms with Gasteiger partial charge in [0, 0.05) is 36.5 Å². The maximum absolute atomic E-state index is 12.4. The zero-order valence-electron chi connectivity index (χ0n) is 14.8. The molecule has 1 atom stereocenters. The minimum atomic E-state index is 0.0122. The van der Waals surface area contributed by atoms with Gasteiger partial charge in [0.15, 0.2) is 5.78 Å². The summed E-state index contributed by atoms with van der Waals surface area (Å²) < 4.78 is 0. The highest BCUT2D eigenvalue weighted by atomic mass is 16.2. The minimum Gasteiger partial charge on any atom is -0.341 e. The van der Waals surface area contributed by atoms with E-state index in [0.29, 0.717) is 18.5 Å². The third kappa shape index (κ3) is 4.23. The van der Waals surface area contributed by atoms with E-state index in [2.05, 4.69) is 11.4 Å². The fourth-order valence-corrected chi connectivity index (χ4v) is 3.39. The summed E-state index contributed by atoms with van der Waals surface area (Å²) in [5.74, 6) is 0.747. The second-order valence-electron chi connectivity index (χ2n) is 7.48. The fraction of sp³-hybridized carbons (Fsp3) is 0.600. The Morgan fingerprint density at radius 2 is 2.04 bits per heavy atom. The smallest absolute Gasteiger partial charge is 0.236 e. The lowest BCUT2D eigenvalue weighted by Gasteiger charge is -2.33. The number of benzene rings is 1. The summed E-state index contributed by atoms with van der Waals surface area (Å²) in [5.41, 5.74) is 1.98. The van der Waals surface area contributed by atoms with Crippen molar-refractivity contribution in [1.82, 2.24) is 10.2 Å². The molecule has 1 saturated carbocycles. The molecule has 1 N–H and O–H groups in total. The number of carbonyl (C=O) groups excluding carboxylic acids is 2. The van der Waals surface area contributed by atoms with Crippen LogP contribution in [0.3, 0.4) is 0 Å². The third-order valence-electron chi connectivity index (χ3n) is 5.06. The second kappa shape index (κ2) is 7.47. The Morgan fingerprint density at radius 3 is 2.75 bits per heavy atom. The molecule has 130 valence electrons. The number of amides is 1. The van der Waals surface area contributed by atoms with Crippen LogP contribution in [0.5, 0.6) is 0 Å². The Labute approximate surface area is 144 Å². The van der Waals surface area contributed by atoms with Crippen molar-refractivity contribution >= 4 is 11.7 Å². The molecular weight excluding hydrogens is 300 g/mol. The largest absolute Gasteiger partial charge is 0.341 e. The van der Waals surface area contributed by atoms with Gasteiger partial charge in [0.05, 0.1) is 6.54 Å². The highest BCUT2D eigenvalue weighted by Crippen LogP contribution is 2.28. The van der Waals surface area contributed by atoms with Crippen LogP contribution in [-0.2, 0) is 4.79 Å². The molecule has 1 aromatic rings. The van der Waals surface area contributed by atoms with Gasteiger partial charge < -0.3 is 10.2 Å². The first-order chi connectivity index (χ1) is 11.5. The Morgan fingerprint density at radius 1 is 1.25 bits per heavy atom. The molecule has 0 unspecified atom stereocenters. The van der Waals surface area contributed by atoms with Gasteiger partial charge in [-0.2, -0.15) is 0 Å². The van der Waals surface area contributed by atoms with Gasteiger partial charge in [0.25, 0.3) is 0 Å². The van der Waals surface area contributed by atoms with Crippen molar-refractivity contribution in [3.05, 3.63) is 35.4 Å². The maximum atomic E-state index is 12.4. The molecule has 1 amide bonds. The molecule has 24 heavy (non-hydrogen) atoms. The number of carbonyl (C=O) groups is 2. The van der Waals surface area contributed by atoms with Crippen molar-refractivity contribution in [2.45, 2.75) is 51.5 Å². The van der Waals surface area contributed by atoms with Crippen LogP contribution in [-0.4, -0.2) is 42.3 Å². The topological polar surface area (TPSA) is 49.4 Å². The van der Waals surface area contributed by atoms with Gasteiger partial charge in [-0.3, -0.25) is 9.59 Å². The van der Waals surface area contributed by atoms with E-state index >= 15 is 0 Å². The predicted molar refractivity (Wildman–Crippen MR) is 95.2 cm³/mol. The summed E-state index contributed by atoms with van der Waals surface area (Å²) in [6.07, 6.45) is 4.51. The molecule has 3 rings (SSSR count). The van der Waals surface area contributed by atoms with Crippen molar-refractivity contribution in [3.63, 3.8) is 0 Å². The molecule has 2 fully saturated rings. The first kappa shape index (κ1) is 17.2. The molecule has 2 aliphatic rings. The number of nitrogens with zero attached hydrogens (tertiary/aromatic N) is 1. The van der Waals surface area contributed by atoms with Crippen LogP contribution < -0.4 is 5.32 Å². The van der Waals surface area contributed by atoms with Gasteiger partial charge in [0.2, 0.25) is 5.91 Å². The molecule has 0 aromatic heterocycles.